The van der Waals surface area contributed by atoms with Crippen LogP contribution in [-0.2, 0) is 5.41 Å². The molecule has 0 atom stereocenters. The molecule has 3 aromatic rings. The number of aryl methyl sites for hydroxylation is 1. The number of hydrogen-bond donors (Lipinski definition) is 2. The number of amides is 1. The fourth-order valence-electron chi connectivity index (χ4n) is 2.83. The van der Waals surface area contributed by atoms with Crippen LogP contribution in [0.1, 0.15) is 48.1 Å². The molecule has 0 aliphatic rings. The summed E-state index contributed by atoms with van der Waals surface area (Å²) in [6, 6.07) is 13.0. The van der Waals surface area contributed by atoms with E-state index in [0.29, 0.717) is 11.4 Å². The first-order chi connectivity index (χ1) is 12.7. The molecule has 0 bridgehead atoms. The van der Waals surface area contributed by atoms with E-state index >= 15 is 0 Å². The molecule has 6 heteroatoms. The first-order valence-electron chi connectivity index (χ1n) is 8.81. The van der Waals surface area contributed by atoms with Crippen LogP contribution in [-0.4, -0.2) is 26.0 Å². The Morgan fingerprint density at radius 1 is 1.11 bits per heavy atom. The van der Waals surface area contributed by atoms with Crippen molar-refractivity contribution in [3.63, 3.8) is 0 Å². The van der Waals surface area contributed by atoms with Crippen molar-refractivity contribution in [1.29, 1.82) is 0 Å². The number of benzene rings is 2. The fourth-order valence-corrected chi connectivity index (χ4v) is 2.83. The van der Waals surface area contributed by atoms with Crippen molar-refractivity contribution in [2.45, 2.75) is 40.0 Å². The van der Waals surface area contributed by atoms with Crippen molar-refractivity contribution >= 4 is 11.6 Å². The van der Waals surface area contributed by atoms with Gasteiger partial charge in [-0.1, -0.05) is 44.2 Å². The smallest absolute Gasteiger partial charge is 0.278 e. The third kappa shape index (κ3) is 3.84. The number of nitrogens with one attached hydrogen (secondary N) is 1. The Hall–Kier alpha value is -3.15. The molecule has 1 aromatic heterocycles. The maximum atomic E-state index is 12.7. The standard InChI is InChI=1S/C21H24N4O2/c1-13-7-6-8-16(11-13)25-14(2)19(23-24-25)20(27)22-17-12-15(21(3,4)5)9-10-18(17)26/h6-12,26H,1-5H3,(H,22,27). The Bertz CT molecular complexity index is 1000. The zero-order valence-electron chi connectivity index (χ0n) is 16.2. The molecule has 0 fully saturated rings. The maximum Gasteiger partial charge on any atom is 0.278 e. The van der Waals surface area contributed by atoms with Crippen LogP contribution < -0.4 is 5.32 Å². The monoisotopic (exact) mass is 364 g/mol. The second kappa shape index (κ2) is 6.87. The highest BCUT2D eigenvalue weighted by Gasteiger charge is 2.20. The predicted molar refractivity (Wildman–Crippen MR) is 106 cm³/mol. The predicted octanol–water partition coefficient (Wildman–Crippen LogP) is 4.14. The van der Waals surface area contributed by atoms with E-state index in [4.69, 9.17) is 0 Å². The van der Waals surface area contributed by atoms with Gasteiger partial charge in [0.1, 0.15) is 5.75 Å². The Balaban J connectivity index is 1.90. The lowest BCUT2D eigenvalue weighted by molar-refractivity contribution is 0.102. The average molecular weight is 364 g/mol. The molecule has 6 nitrogen and oxygen atoms in total. The van der Waals surface area contributed by atoms with Crippen LogP contribution in [0.25, 0.3) is 5.69 Å². The van der Waals surface area contributed by atoms with Crippen molar-refractivity contribution in [3.05, 3.63) is 65.0 Å². The minimum absolute atomic E-state index is 0.0140. The van der Waals surface area contributed by atoms with Crippen LogP contribution in [0.4, 0.5) is 5.69 Å². The topological polar surface area (TPSA) is 80.0 Å². The number of carbonyl (C=O) groups is 1. The number of anilines is 1. The summed E-state index contributed by atoms with van der Waals surface area (Å²) in [6.07, 6.45) is 0. The number of phenols is 1. The lowest BCUT2D eigenvalue weighted by Gasteiger charge is -2.20. The van der Waals surface area contributed by atoms with Gasteiger partial charge in [-0.3, -0.25) is 4.79 Å². The van der Waals surface area contributed by atoms with E-state index in [1.807, 2.05) is 37.3 Å². The van der Waals surface area contributed by atoms with Crippen molar-refractivity contribution in [1.82, 2.24) is 15.0 Å². The highest BCUT2D eigenvalue weighted by Crippen LogP contribution is 2.31. The average Bonchev–Trinajstić information content (AvgIpc) is 2.97. The summed E-state index contributed by atoms with van der Waals surface area (Å²) in [7, 11) is 0. The number of nitrogens with zero attached hydrogens (tertiary/aromatic N) is 3. The minimum Gasteiger partial charge on any atom is -0.506 e. The molecule has 27 heavy (non-hydrogen) atoms. The molecule has 0 unspecified atom stereocenters. The second-order valence-electron chi connectivity index (χ2n) is 7.71. The second-order valence-corrected chi connectivity index (χ2v) is 7.71. The number of aromatic nitrogens is 3. The molecule has 140 valence electrons. The molecule has 0 saturated heterocycles. The van der Waals surface area contributed by atoms with Gasteiger partial charge in [0.15, 0.2) is 5.69 Å². The van der Waals surface area contributed by atoms with Gasteiger partial charge in [-0.05, 0) is 54.7 Å². The largest absolute Gasteiger partial charge is 0.506 e. The summed E-state index contributed by atoms with van der Waals surface area (Å²) in [4.78, 5) is 12.7. The van der Waals surface area contributed by atoms with E-state index in [-0.39, 0.29) is 16.9 Å². The van der Waals surface area contributed by atoms with Crippen LogP contribution in [0, 0.1) is 13.8 Å². The van der Waals surface area contributed by atoms with Crippen LogP contribution in [0.15, 0.2) is 42.5 Å². The Morgan fingerprint density at radius 3 is 2.52 bits per heavy atom. The summed E-state index contributed by atoms with van der Waals surface area (Å²) in [5, 5.41) is 21.0. The van der Waals surface area contributed by atoms with Crippen molar-refractivity contribution in [2.75, 3.05) is 5.32 Å². The lowest BCUT2D eigenvalue weighted by atomic mass is 9.87. The van der Waals surface area contributed by atoms with Gasteiger partial charge in [-0.2, -0.15) is 0 Å². The minimum atomic E-state index is -0.409. The van der Waals surface area contributed by atoms with Gasteiger partial charge < -0.3 is 10.4 Å². The number of rotatable bonds is 3. The summed E-state index contributed by atoms with van der Waals surface area (Å²) in [5.74, 6) is -0.396. The maximum absolute atomic E-state index is 12.7. The Kier molecular flexibility index (Phi) is 4.74. The molecule has 0 saturated carbocycles. The van der Waals surface area contributed by atoms with Gasteiger partial charge in [-0.25, -0.2) is 4.68 Å². The van der Waals surface area contributed by atoms with E-state index in [1.165, 1.54) is 0 Å². The van der Waals surface area contributed by atoms with Gasteiger partial charge in [-0.15, -0.1) is 5.10 Å². The van der Waals surface area contributed by atoms with E-state index in [9.17, 15) is 9.90 Å². The van der Waals surface area contributed by atoms with Crippen LogP contribution in [0.2, 0.25) is 0 Å². The molecule has 2 aromatic carbocycles. The van der Waals surface area contributed by atoms with Gasteiger partial charge in [0, 0.05) is 0 Å². The number of carbonyl (C=O) groups excluding carboxylic acids is 1. The van der Waals surface area contributed by atoms with E-state index in [1.54, 1.807) is 23.7 Å². The zero-order valence-corrected chi connectivity index (χ0v) is 16.2. The highest BCUT2D eigenvalue weighted by molar-refractivity contribution is 6.04. The quantitative estimate of drug-likeness (QED) is 0.685. The summed E-state index contributed by atoms with van der Waals surface area (Å²) in [5.41, 5.74) is 4.06. The third-order valence-corrected chi connectivity index (χ3v) is 4.47. The van der Waals surface area contributed by atoms with Gasteiger partial charge in [0.05, 0.1) is 17.1 Å². The van der Waals surface area contributed by atoms with Gasteiger partial charge in [0.2, 0.25) is 0 Å². The Labute approximate surface area is 158 Å². The first-order valence-corrected chi connectivity index (χ1v) is 8.81. The summed E-state index contributed by atoms with van der Waals surface area (Å²) in [6.45, 7) is 10.0. The fraction of sp³-hybridized carbons (Fsp3) is 0.286. The molecular weight excluding hydrogens is 340 g/mol. The molecule has 0 spiro atoms. The zero-order chi connectivity index (χ0) is 19.8. The van der Waals surface area contributed by atoms with Crippen LogP contribution in [0.5, 0.6) is 5.75 Å². The molecule has 0 aliphatic heterocycles. The summed E-state index contributed by atoms with van der Waals surface area (Å²) < 4.78 is 1.63. The van der Waals surface area contributed by atoms with E-state index in [2.05, 4.69) is 36.4 Å². The first kappa shape index (κ1) is 18.6. The van der Waals surface area contributed by atoms with Crippen LogP contribution in [0.3, 0.4) is 0 Å². The summed E-state index contributed by atoms with van der Waals surface area (Å²) >= 11 is 0. The molecule has 0 aliphatic carbocycles. The van der Waals surface area contributed by atoms with Crippen LogP contribution >= 0.6 is 0 Å². The molecule has 2 N–H and O–H groups in total. The Morgan fingerprint density at radius 2 is 1.85 bits per heavy atom. The van der Waals surface area contributed by atoms with Gasteiger partial charge >= 0.3 is 0 Å². The van der Waals surface area contributed by atoms with Crippen molar-refractivity contribution in [3.8, 4) is 11.4 Å². The normalized spacial score (nSPS) is 11.4. The van der Waals surface area contributed by atoms with Gasteiger partial charge in [0.25, 0.3) is 5.91 Å². The highest BCUT2D eigenvalue weighted by atomic mass is 16.3. The molecule has 1 heterocycles. The van der Waals surface area contributed by atoms with E-state index in [0.717, 1.165) is 16.8 Å². The third-order valence-electron chi connectivity index (χ3n) is 4.47. The molecule has 3 rings (SSSR count). The lowest BCUT2D eigenvalue weighted by Crippen LogP contribution is -2.16. The molecular formula is C21H24N4O2. The van der Waals surface area contributed by atoms with Crippen molar-refractivity contribution in [2.24, 2.45) is 0 Å². The number of phenolic OH excluding ortho intramolecular Hbond substituents is 1. The molecule has 1 amide bonds. The number of hydrogen-bond acceptors (Lipinski definition) is 4. The number of aromatic hydroxyl groups is 1. The van der Waals surface area contributed by atoms with E-state index < -0.39 is 5.91 Å². The molecule has 0 radical (unpaired) electrons. The SMILES string of the molecule is Cc1cccc(-n2nnc(C(=O)Nc3cc(C(C)(C)C)ccc3O)c2C)c1. The van der Waals surface area contributed by atoms with Crippen molar-refractivity contribution < 1.29 is 9.90 Å².